The van der Waals surface area contributed by atoms with Gasteiger partial charge in [0.1, 0.15) is 0 Å². The molecular weight excluding hydrogens is 695 g/mol. The summed E-state index contributed by atoms with van der Waals surface area (Å²) in [5.74, 6) is 1.99. The van der Waals surface area contributed by atoms with Gasteiger partial charge < -0.3 is 0 Å². The Labute approximate surface area is 319 Å². The number of benzene rings is 8. The molecule has 5 heteroatoms. The molecule has 0 bridgehead atoms. The monoisotopic (exact) mass is 723 g/mol. The van der Waals surface area contributed by atoms with E-state index in [1.165, 1.54) is 45.9 Å². The second-order valence-electron chi connectivity index (χ2n) is 13.5. The third-order valence-electron chi connectivity index (χ3n) is 10.4. The van der Waals surface area contributed by atoms with Crippen LogP contribution in [0.15, 0.2) is 176 Å². The molecule has 252 valence electrons. The quantitative estimate of drug-likeness (QED) is 0.177. The fourth-order valence-electron chi connectivity index (χ4n) is 7.83. The molecule has 0 aliphatic heterocycles. The number of rotatable bonds is 5. The maximum Gasteiger partial charge on any atom is 0.165 e. The van der Waals surface area contributed by atoms with Crippen molar-refractivity contribution in [2.75, 3.05) is 0 Å². The van der Waals surface area contributed by atoms with E-state index in [-0.39, 0.29) is 0 Å². The van der Waals surface area contributed by atoms with Gasteiger partial charge in [-0.05, 0) is 63.4 Å². The van der Waals surface area contributed by atoms with Crippen LogP contribution in [0, 0.1) is 0 Å². The molecule has 11 aromatic rings. The van der Waals surface area contributed by atoms with Gasteiger partial charge in [-0.15, -0.1) is 22.7 Å². The largest absolute Gasteiger partial charge is 0.208 e. The van der Waals surface area contributed by atoms with Crippen LogP contribution in [0.25, 0.3) is 108 Å². The van der Waals surface area contributed by atoms with Crippen LogP contribution in [0.1, 0.15) is 0 Å². The fraction of sp³-hybridized carbons (Fsp3) is 0. The Morgan fingerprint density at radius 3 is 1.48 bits per heavy atom. The Bertz CT molecular complexity index is 3100. The van der Waals surface area contributed by atoms with E-state index in [0.29, 0.717) is 17.5 Å². The summed E-state index contributed by atoms with van der Waals surface area (Å²) in [5.41, 5.74) is 7.55. The van der Waals surface area contributed by atoms with E-state index in [0.717, 1.165) is 44.2 Å². The molecule has 0 saturated carbocycles. The van der Waals surface area contributed by atoms with E-state index < -0.39 is 0 Å². The summed E-state index contributed by atoms with van der Waals surface area (Å²) >= 11 is 3.59. The van der Waals surface area contributed by atoms with Gasteiger partial charge in [-0.25, -0.2) is 15.0 Å². The Hall–Kier alpha value is -6.53. The molecule has 8 aromatic carbocycles. The average Bonchev–Trinajstić information content (AvgIpc) is 3.82. The van der Waals surface area contributed by atoms with Crippen LogP contribution in [-0.4, -0.2) is 15.0 Å². The zero-order valence-corrected chi connectivity index (χ0v) is 30.5. The minimum Gasteiger partial charge on any atom is -0.208 e. The molecule has 0 amide bonds. The first-order chi connectivity index (χ1) is 26.8. The van der Waals surface area contributed by atoms with Gasteiger partial charge in [-0.1, -0.05) is 146 Å². The Balaban J connectivity index is 1.22. The predicted molar refractivity (Wildman–Crippen MR) is 230 cm³/mol. The van der Waals surface area contributed by atoms with E-state index in [2.05, 4.69) is 176 Å². The highest BCUT2D eigenvalue weighted by molar-refractivity contribution is 7.26. The van der Waals surface area contributed by atoms with Gasteiger partial charge in [0.2, 0.25) is 0 Å². The molecule has 0 radical (unpaired) electrons. The summed E-state index contributed by atoms with van der Waals surface area (Å²) in [6.45, 7) is 0. The third-order valence-corrected chi connectivity index (χ3v) is 12.8. The lowest BCUT2D eigenvalue weighted by atomic mass is 9.92. The van der Waals surface area contributed by atoms with Crippen LogP contribution >= 0.6 is 22.7 Å². The number of thiophene rings is 2. The van der Waals surface area contributed by atoms with Crippen molar-refractivity contribution in [3.05, 3.63) is 176 Å². The summed E-state index contributed by atoms with van der Waals surface area (Å²) in [5, 5.41) is 7.16. The molecule has 54 heavy (non-hydrogen) atoms. The number of hydrogen-bond acceptors (Lipinski definition) is 5. The van der Waals surface area contributed by atoms with Gasteiger partial charge in [0.15, 0.2) is 17.5 Å². The molecule has 3 nitrogen and oxygen atoms in total. The maximum atomic E-state index is 5.45. The van der Waals surface area contributed by atoms with Crippen molar-refractivity contribution in [1.82, 2.24) is 15.0 Å². The van der Waals surface area contributed by atoms with Crippen LogP contribution < -0.4 is 0 Å². The van der Waals surface area contributed by atoms with Gasteiger partial charge >= 0.3 is 0 Å². The lowest BCUT2D eigenvalue weighted by Gasteiger charge is -2.16. The van der Waals surface area contributed by atoms with Crippen molar-refractivity contribution in [1.29, 1.82) is 0 Å². The Morgan fingerprint density at radius 1 is 0.315 bits per heavy atom. The molecule has 0 fully saturated rings. The number of nitrogens with zero attached hydrogens (tertiary/aromatic N) is 3. The second-order valence-corrected chi connectivity index (χ2v) is 15.6. The molecule has 0 saturated heterocycles. The molecule has 0 unspecified atom stereocenters. The molecule has 3 aromatic heterocycles. The first-order valence-electron chi connectivity index (χ1n) is 18.0. The molecule has 0 N–H and O–H groups in total. The number of hydrogen-bond donors (Lipinski definition) is 0. The number of fused-ring (bicyclic) bond motifs is 7. The van der Waals surface area contributed by atoms with Crippen molar-refractivity contribution < 1.29 is 0 Å². The van der Waals surface area contributed by atoms with Crippen LogP contribution in [-0.2, 0) is 0 Å². The lowest BCUT2D eigenvalue weighted by Crippen LogP contribution is -2.02. The smallest absolute Gasteiger partial charge is 0.165 e. The highest BCUT2D eigenvalue weighted by Gasteiger charge is 2.22. The van der Waals surface area contributed by atoms with Crippen molar-refractivity contribution >= 4 is 73.8 Å². The summed E-state index contributed by atoms with van der Waals surface area (Å²) in [7, 11) is 0. The van der Waals surface area contributed by atoms with Gasteiger partial charge in [-0.2, -0.15) is 0 Å². The minimum atomic E-state index is 0.656. The SMILES string of the molecule is c1ccc(-c2cccc(-c3ccc4ccccc4c3-c3nc(-c4cccc5c4sc4ccccc45)nc(-c4cccc5c4sc4ccccc45)n3)c2)cc1. The topological polar surface area (TPSA) is 38.7 Å². The van der Waals surface area contributed by atoms with Crippen molar-refractivity contribution in [3.8, 4) is 56.4 Å². The number of aromatic nitrogens is 3. The second kappa shape index (κ2) is 12.6. The molecule has 11 rings (SSSR count). The summed E-state index contributed by atoms with van der Waals surface area (Å²) in [6.07, 6.45) is 0. The molecule has 3 heterocycles. The predicted octanol–water partition coefficient (Wildman–Crippen LogP) is 14.1. The van der Waals surface area contributed by atoms with Gasteiger partial charge in [0.25, 0.3) is 0 Å². The average molecular weight is 724 g/mol. The van der Waals surface area contributed by atoms with E-state index in [1.807, 2.05) is 0 Å². The van der Waals surface area contributed by atoms with E-state index in [4.69, 9.17) is 15.0 Å². The summed E-state index contributed by atoms with van der Waals surface area (Å²) in [4.78, 5) is 16.3. The van der Waals surface area contributed by atoms with Crippen LogP contribution in [0.5, 0.6) is 0 Å². The Kier molecular flexibility index (Phi) is 7.22. The van der Waals surface area contributed by atoms with Crippen LogP contribution in [0.2, 0.25) is 0 Å². The van der Waals surface area contributed by atoms with Gasteiger partial charge in [0.05, 0.1) is 0 Å². The maximum absolute atomic E-state index is 5.45. The summed E-state index contributed by atoms with van der Waals surface area (Å²) < 4.78 is 4.85. The van der Waals surface area contributed by atoms with Crippen LogP contribution in [0.4, 0.5) is 0 Å². The van der Waals surface area contributed by atoms with E-state index in [9.17, 15) is 0 Å². The molecule has 0 aliphatic carbocycles. The molecule has 0 spiro atoms. The van der Waals surface area contributed by atoms with Gasteiger partial charge in [-0.3, -0.25) is 0 Å². The van der Waals surface area contributed by atoms with Gasteiger partial charge in [0, 0.05) is 57.0 Å². The molecule has 0 atom stereocenters. The highest BCUT2D eigenvalue weighted by Crippen LogP contribution is 2.44. The first kappa shape index (κ1) is 31.0. The minimum absolute atomic E-state index is 0.656. The van der Waals surface area contributed by atoms with Crippen LogP contribution in [0.3, 0.4) is 0 Å². The first-order valence-corrected chi connectivity index (χ1v) is 19.7. The molecular formula is C49H29N3S2. The highest BCUT2D eigenvalue weighted by atomic mass is 32.1. The van der Waals surface area contributed by atoms with E-state index in [1.54, 1.807) is 22.7 Å². The van der Waals surface area contributed by atoms with Crippen molar-refractivity contribution in [3.63, 3.8) is 0 Å². The van der Waals surface area contributed by atoms with Crippen molar-refractivity contribution in [2.24, 2.45) is 0 Å². The van der Waals surface area contributed by atoms with Crippen molar-refractivity contribution in [2.45, 2.75) is 0 Å². The third kappa shape index (κ3) is 5.05. The fourth-order valence-corrected chi connectivity index (χ4v) is 10.2. The Morgan fingerprint density at radius 2 is 0.815 bits per heavy atom. The zero-order chi connectivity index (χ0) is 35.6. The van der Waals surface area contributed by atoms with E-state index >= 15 is 0 Å². The summed E-state index contributed by atoms with van der Waals surface area (Å²) in [6, 6.07) is 62.6. The molecule has 0 aliphatic rings. The standard InChI is InChI=1S/C49H29N3S2/c1-2-13-30(14-3-1)32-16-10-17-33(29-32)35-28-27-31-15-4-5-18-34(31)44(35)49-51-47(40-23-11-21-38-36-19-6-8-25-42(36)53-45(38)40)50-48(52-49)41-24-12-22-39-37-20-7-9-26-43(37)54-46(39)41/h1-29H. The normalized spacial score (nSPS) is 11.7. The zero-order valence-electron chi connectivity index (χ0n) is 28.9. The lowest BCUT2D eigenvalue weighted by molar-refractivity contribution is 1.08.